The van der Waals surface area contributed by atoms with E-state index in [-0.39, 0.29) is 6.09 Å². The van der Waals surface area contributed by atoms with Crippen LogP contribution in [0.15, 0.2) is 0 Å². The van der Waals surface area contributed by atoms with Gasteiger partial charge in [-0.25, -0.2) is 4.79 Å². The SMILES string of the molecule is CCC1CCCC1NC(CNC(=O)OC(C)(C)C)CC(C)C. The lowest BCUT2D eigenvalue weighted by Gasteiger charge is -2.28. The molecule has 0 radical (unpaired) electrons. The molecule has 1 fully saturated rings. The fourth-order valence-electron chi connectivity index (χ4n) is 3.35. The zero-order valence-electron chi connectivity index (χ0n) is 15.4. The summed E-state index contributed by atoms with van der Waals surface area (Å²) in [6.07, 6.45) is 5.92. The summed E-state index contributed by atoms with van der Waals surface area (Å²) >= 11 is 0. The van der Waals surface area contributed by atoms with Gasteiger partial charge in [0.2, 0.25) is 0 Å². The van der Waals surface area contributed by atoms with Crippen LogP contribution in [0.2, 0.25) is 0 Å². The van der Waals surface area contributed by atoms with Crippen molar-refractivity contribution >= 4 is 6.09 Å². The second kappa shape index (κ2) is 8.76. The van der Waals surface area contributed by atoms with Crippen LogP contribution in [0.25, 0.3) is 0 Å². The van der Waals surface area contributed by atoms with Crippen molar-refractivity contribution in [1.82, 2.24) is 10.6 Å². The largest absolute Gasteiger partial charge is 0.444 e. The Morgan fingerprint density at radius 1 is 1.27 bits per heavy atom. The normalized spacial score (nSPS) is 23.6. The van der Waals surface area contributed by atoms with Gasteiger partial charge in [0.15, 0.2) is 0 Å². The summed E-state index contributed by atoms with van der Waals surface area (Å²) in [4.78, 5) is 11.8. The highest BCUT2D eigenvalue weighted by atomic mass is 16.6. The number of alkyl carbamates (subject to hydrolysis) is 1. The van der Waals surface area contributed by atoms with E-state index in [9.17, 15) is 4.79 Å². The molecule has 0 heterocycles. The molecule has 3 unspecified atom stereocenters. The zero-order valence-corrected chi connectivity index (χ0v) is 15.4. The maximum atomic E-state index is 11.8. The molecule has 0 saturated heterocycles. The van der Waals surface area contributed by atoms with E-state index in [2.05, 4.69) is 31.4 Å². The predicted molar refractivity (Wildman–Crippen MR) is 92.0 cm³/mol. The third kappa shape index (κ3) is 7.48. The molecule has 130 valence electrons. The van der Waals surface area contributed by atoms with Crippen molar-refractivity contribution in [2.75, 3.05) is 6.54 Å². The lowest BCUT2D eigenvalue weighted by Crippen LogP contribution is -2.48. The second-order valence-electron chi connectivity index (χ2n) is 8.08. The molecule has 1 aliphatic carbocycles. The molecule has 0 bridgehead atoms. The summed E-state index contributed by atoms with van der Waals surface area (Å²) in [5, 5.41) is 6.72. The van der Waals surface area contributed by atoms with Crippen molar-refractivity contribution in [2.24, 2.45) is 11.8 Å². The second-order valence-corrected chi connectivity index (χ2v) is 8.08. The lowest BCUT2D eigenvalue weighted by molar-refractivity contribution is 0.0519. The molecule has 4 nitrogen and oxygen atoms in total. The number of amides is 1. The highest BCUT2D eigenvalue weighted by molar-refractivity contribution is 5.67. The summed E-state index contributed by atoms with van der Waals surface area (Å²) in [5.74, 6) is 1.40. The number of ether oxygens (including phenoxy) is 1. The molecule has 1 aliphatic rings. The highest BCUT2D eigenvalue weighted by Crippen LogP contribution is 2.28. The van der Waals surface area contributed by atoms with Gasteiger partial charge in [0.05, 0.1) is 0 Å². The molecule has 2 N–H and O–H groups in total. The van der Waals surface area contributed by atoms with Gasteiger partial charge in [-0.05, 0) is 51.9 Å². The molecule has 1 saturated carbocycles. The van der Waals surface area contributed by atoms with E-state index in [1.54, 1.807) is 0 Å². The molecular formula is C18H36N2O2. The molecule has 3 atom stereocenters. The highest BCUT2D eigenvalue weighted by Gasteiger charge is 2.28. The van der Waals surface area contributed by atoms with E-state index in [1.165, 1.54) is 25.7 Å². The quantitative estimate of drug-likeness (QED) is 0.744. The minimum Gasteiger partial charge on any atom is -0.444 e. The number of nitrogens with one attached hydrogen (secondary N) is 2. The van der Waals surface area contributed by atoms with E-state index in [0.717, 1.165) is 12.3 Å². The van der Waals surface area contributed by atoms with Crippen molar-refractivity contribution in [3.05, 3.63) is 0 Å². The van der Waals surface area contributed by atoms with E-state index >= 15 is 0 Å². The molecule has 0 aliphatic heterocycles. The maximum absolute atomic E-state index is 11.8. The fourth-order valence-corrected chi connectivity index (χ4v) is 3.35. The number of carbonyl (C=O) groups is 1. The molecule has 22 heavy (non-hydrogen) atoms. The number of rotatable bonds is 7. The van der Waals surface area contributed by atoms with Gasteiger partial charge in [-0.3, -0.25) is 0 Å². The number of hydrogen-bond donors (Lipinski definition) is 2. The molecule has 0 aromatic carbocycles. The van der Waals surface area contributed by atoms with Crippen LogP contribution in [0, 0.1) is 11.8 Å². The van der Waals surface area contributed by atoms with E-state index in [1.807, 2.05) is 20.8 Å². The maximum Gasteiger partial charge on any atom is 0.407 e. The molecule has 0 spiro atoms. The van der Waals surface area contributed by atoms with Crippen molar-refractivity contribution in [1.29, 1.82) is 0 Å². The van der Waals surface area contributed by atoms with Crippen LogP contribution in [0.1, 0.15) is 73.6 Å². The van der Waals surface area contributed by atoms with E-state index < -0.39 is 5.60 Å². The number of hydrogen-bond acceptors (Lipinski definition) is 3. The Kier molecular flexibility index (Phi) is 7.67. The first kappa shape index (κ1) is 19.3. The average molecular weight is 312 g/mol. The summed E-state index contributed by atoms with van der Waals surface area (Å²) < 4.78 is 5.33. The van der Waals surface area contributed by atoms with Crippen LogP contribution in [0.5, 0.6) is 0 Å². The van der Waals surface area contributed by atoms with Crippen LogP contribution in [0.4, 0.5) is 4.79 Å². The lowest BCUT2D eigenvalue weighted by atomic mass is 9.97. The molecule has 0 aromatic heterocycles. The van der Waals surface area contributed by atoms with Gasteiger partial charge in [0, 0.05) is 18.6 Å². The van der Waals surface area contributed by atoms with Crippen LogP contribution < -0.4 is 10.6 Å². The molecule has 0 aromatic rings. The van der Waals surface area contributed by atoms with Gasteiger partial charge in [0.25, 0.3) is 0 Å². The van der Waals surface area contributed by atoms with Gasteiger partial charge in [-0.1, -0.05) is 33.6 Å². The Bertz CT molecular complexity index is 336. The third-order valence-corrected chi connectivity index (χ3v) is 4.28. The van der Waals surface area contributed by atoms with Crippen molar-refractivity contribution < 1.29 is 9.53 Å². The predicted octanol–water partition coefficient (Wildman–Crippen LogP) is 4.09. The smallest absolute Gasteiger partial charge is 0.407 e. The van der Waals surface area contributed by atoms with Gasteiger partial charge < -0.3 is 15.4 Å². The number of carbonyl (C=O) groups excluding carboxylic acids is 1. The van der Waals surface area contributed by atoms with Gasteiger partial charge in [0.1, 0.15) is 5.60 Å². The first-order chi connectivity index (χ1) is 10.2. The van der Waals surface area contributed by atoms with E-state index in [4.69, 9.17) is 4.74 Å². The van der Waals surface area contributed by atoms with E-state index in [0.29, 0.717) is 24.5 Å². The fraction of sp³-hybridized carbons (Fsp3) is 0.944. The van der Waals surface area contributed by atoms with Gasteiger partial charge >= 0.3 is 6.09 Å². The summed E-state index contributed by atoms with van der Waals surface area (Å²) in [6.45, 7) is 13.0. The van der Waals surface area contributed by atoms with Crippen molar-refractivity contribution in [3.63, 3.8) is 0 Å². The van der Waals surface area contributed by atoms with Crippen LogP contribution in [-0.4, -0.2) is 30.3 Å². The molecule has 1 rings (SSSR count). The van der Waals surface area contributed by atoms with Crippen molar-refractivity contribution in [2.45, 2.75) is 91.3 Å². The first-order valence-corrected chi connectivity index (χ1v) is 8.94. The standard InChI is InChI=1S/C18H36N2O2/c1-7-14-9-8-10-16(14)20-15(11-13(2)3)12-19-17(21)22-18(4,5)6/h13-16,20H,7-12H2,1-6H3,(H,19,21). The first-order valence-electron chi connectivity index (χ1n) is 8.94. The van der Waals surface area contributed by atoms with Gasteiger partial charge in [-0.2, -0.15) is 0 Å². The summed E-state index contributed by atoms with van der Waals surface area (Å²) in [7, 11) is 0. The monoisotopic (exact) mass is 312 g/mol. The average Bonchev–Trinajstić information content (AvgIpc) is 2.80. The topological polar surface area (TPSA) is 50.4 Å². The third-order valence-electron chi connectivity index (χ3n) is 4.28. The minimum atomic E-state index is -0.441. The van der Waals surface area contributed by atoms with Crippen LogP contribution in [-0.2, 0) is 4.74 Å². The Balaban J connectivity index is 2.48. The molecular weight excluding hydrogens is 276 g/mol. The van der Waals surface area contributed by atoms with Crippen molar-refractivity contribution in [3.8, 4) is 0 Å². The summed E-state index contributed by atoms with van der Waals surface area (Å²) in [5.41, 5.74) is -0.441. The molecule has 4 heteroatoms. The summed E-state index contributed by atoms with van der Waals surface area (Å²) in [6, 6.07) is 0.929. The van der Waals surface area contributed by atoms with Crippen LogP contribution in [0.3, 0.4) is 0 Å². The van der Waals surface area contributed by atoms with Gasteiger partial charge in [-0.15, -0.1) is 0 Å². The minimum absolute atomic E-state index is 0.318. The Morgan fingerprint density at radius 3 is 2.50 bits per heavy atom. The van der Waals surface area contributed by atoms with Crippen LogP contribution >= 0.6 is 0 Å². The molecule has 1 amide bonds. The Morgan fingerprint density at radius 2 is 1.95 bits per heavy atom. The Labute approximate surface area is 136 Å². The Hall–Kier alpha value is -0.770. The zero-order chi connectivity index (χ0) is 16.8.